The van der Waals surface area contributed by atoms with Gasteiger partial charge in [0.05, 0.1) is 12.2 Å². The van der Waals surface area contributed by atoms with Gasteiger partial charge < -0.3 is 4.98 Å². The summed E-state index contributed by atoms with van der Waals surface area (Å²) in [5, 5.41) is 1.92. The average molecular weight is 248 g/mol. The second kappa shape index (κ2) is 3.70. The molecule has 0 saturated carbocycles. The third-order valence-corrected chi connectivity index (χ3v) is 3.18. The monoisotopic (exact) mass is 248 g/mol. The lowest BCUT2D eigenvalue weighted by atomic mass is 10.4. The smallest absolute Gasteiger partial charge is 0.314 e. The number of nitrogens with one attached hydrogen (secondary N) is 1. The maximum absolute atomic E-state index is 11.5. The standard InChI is InChI=1S/C10H8N4O2S/c15-8-1-2-11-9(16)14(8)6-7-5-13-3-4-17-10(13)12-7/h1-5H,6H2,(H,11,16). The summed E-state index contributed by atoms with van der Waals surface area (Å²) in [5.74, 6) is 0. The summed E-state index contributed by atoms with van der Waals surface area (Å²) < 4.78 is 2.98. The molecule has 0 amide bonds. The molecule has 0 aliphatic heterocycles. The average Bonchev–Trinajstić information content (AvgIpc) is 2.83. The molecule has 17 heavy (non-hydrogen) atoms. The zero-order valence-corrected chi connectivity index (χ0v) is 9.48. The van der Waals surface area contributed by atoms with Gasteiger partial charge in [-0.15, -0.1) is 11.3 Å². The van der Waals surface area contributed by atoms with Crippen LogP contribution in [0.15, 0.2) is 39.6 Å². The van der Waals surface area contributed by atoms with E-state index in [0.29, 0.717) is 5.69 Å². The summed E-state index contributed by atoms with van der Waals surface area (Å²) in [7, 11) is 0. The van der Waals surface area contributed by atoms with Crippen molar-refractivity contribution in [2.24, 2.45) is 0 Å². The molecule has 3 aromatic rings. The molecule has 0 bridgehead atoms. The van der Waals surface area contributed by atoms with E-state index in [-0.39, 0.29) is 12.1 Å². The fourth-order valence-electron chi connectivity index (χ4n) is 1.62. The molecule has 0 radical (unpaired) electrons. The largest absolute Gasteiger partial charge is 0.328 e. The lowest BCUT2D eigenvalue weighted by Gasteiger charge is -1.99. The van der Waals surface area contributed by atoms with Crippen molar-refractivity contribution in [2.75, 3.05) is 0 Å². The molecule has 6 nitrogen and oxygen atoms in total. The van der Waals surface area contributed by atoms with Gasteiger partial charge in [0.1, 0.15) is 0 Å². The van der Waals surface area contributed by atoms with E-state index in [2.05, 4.69) is 9.97 Å². The molecule has 0 atom stereocenters. The van der Waals surface area contributed by atoms with Crippen LogP contribution in [0.25, 0.3) is 4.96 Å². The molecule has 3 rings (SSSR count). The number of imidazole rings is 1. The van der Waals surface area contributed by atoms with Crippen molar-refractivity contribution in [3.8, 4) is 0 Å². The maximum Gasteiger partial charge on any atom is 0.328 e. The van der Waals surface area contributed by atoms with Gasteiger partial charge in [-0.05, 0) is 0 Å². The summed E-state index contributed by atoms with van der Waals surface area (Å²) in [4.78, 5) is 30.6. The molecular formula is C10H8N4O2S. The van der Waals surface area contributed by atoms with Crippen LogP contribution < -0.4 is 11.2 Å². The maximum atomic E-state index is 11.5. The van der Waals surface area contributed by atoms with Crippen molar-refractivity contribution in [2.45, 2.75) is 6.54 Å². The highest BCUT2D eigenvalue weighted by molar-refractivity contribution is 7.15. The predicted octanol–water partition coefficient (Wildman–Crippen LogP) is 0.294. The highest BCUT2D eigenvalue weighted by Crippen LogP contribution is 2.11. The van der Waals surface area contributed by atoms with Crippen molar-refractivity contribution in [3.05, 3.63) is 56.6 Å². The van der Waals surface area contributed by atoms with Crippen molar-refractivity contribution in [1.82, 2.24) is 18.9 Å². The molecule has 3 aromatic heterocycles. The van der Waals surface area contributed by atoms with E-state index in [9.17, 15) is 9.59 Å². The number of thiazole rings is 1. The number of hydrogen-bond acceptors (Lipinski definition) is 4. The number of aromatic nitrogens is 4. The molecule has 7 heteroatoms. The summed E-state index contributed by atoms with van der Waals surface area (Å²) in [6.07, 6.45) is 5.03. The zero-order valence-electron chi connectivity index (χ0n) is 8.66. The Labute approximate surface area is 98.8 Å². The number of rotatable bonds is 2. The van der Waals surface area contributed by atoms with Gasteiger partial charge in [-0.25, -0.2) is 9.78 Å². The number of H-pyrrole nitrogens is 1. The van der Waals surface area contributed by atoms with Gasteiger partial charge in [-0.3, -0.25) is 13.8 Å². The van der Waals surface area contributed by atoms with Gasteiger partial charge in [0.2, 0.25) is 0 Å². The first-order valence-corrected chi connectivity index (χ1v) is 5.81. The lowest BCUT2D eigenvalue weighted by molar-refractivity contribution is 0.688. The van der Waals surface area contributed by atoms with Crippen LogP contribution in [0.3, 0.4) is 0 Å². The minimum absolute atomic E-state index is 0.184. The van der Waals surface area contributed by atoms with Crippen LogP contribution in [0.4, 0.5) is 0 Å². The van der Waals surface area contributed by atoms with E-state index in [0.717, 1.165) is 9.53 Å². The Morgan fingerprint density at radius 3 is 3.06 bits per heavy atom. The van der Waals surface area contributed by atoms with Crippen molar-refractivity contribution in [3.63, 3.8) is 0 Å². The van der Waals surface area contributed by atoms with E-state index < -0.39 is 5.69 Å². The quantitative estimate of drug-likeness (QED) is 0.708. The van der Waals surface area contributed by atoms with Gasteiger partial charge in [0, 0.05) is 30.0 Å². The van der Waals surface area contributed by atoms with Crippen LogP contribution in [-0.2, 0) is 6.54 Å². The van der Waals surface area contributed by atoms with E-state index in [4.69, 9.17) is 0 Å². The van der Waals surface area contributed by atoms with Gasteiger partial charge in [0.15, 0.2) is 4.96 Å². The van der Waals surface area contributed by atoms with Crippen molar-refractivity contribution in [1.29, 1.82) is 0 Å². The number of aromatic amines is 1. The Morgan fingerprint density at radius 2 is 2.29 bits per heavy atom. The van der Waals surface area contributed by atoms with Crippen LogP contribution in [0.5, 0.6) is 0 Å². The number of hydrogen-bond donors (Lipinski definition) is 1. The molecular weight excluding hydrogens is 240 g/mol. The first kappa shape index (κ1) is 10.0. The fourth-order valence-corrected chi connectivity index (χ4v) is 2.34. The summed E-state index contributed by atoms with van der Waals surface area (Å²) >= 11 is 1.51. The number of fused-ring (bicyclic) bond motifs is 1. The van der Waals surface area contributed by atoms with Crippen LogP contribution >= 0.6 is 11.3 Å². The summed E-state index contributed by atoms with van der Waals surface area (Å²) in [6.45, 7) is 0.184. The van der Waals surface area contributed by atoms with Gasteiger partial charge >= 0.3 is 5.69 Å². The molecule has 0 aliphatic rings. The highest BCUT2D eigenvalue weighted by atomic mass is 32.1. The second-order valence-electron chi connectivity index (χ2n) is 3.53. The van der Waals surface area contributed by atoms with Crippen LogP contribution in [0, 0.1) is 0 Å². The summed E-state index contributed by atoms with van der Waals surface area (Å²) in [5.41, 5.74) is -0.0605. The Kier molecular flexibility index (Phi) is 2.19. The zero-order chi connectivity index (χ0) is 11.8. The fraction of sp³-hybridized carbons (Fsp3) is 0.100. The second-order valence-corrected chi connectivity index (χ2v) is 4.41. The molecule has 0 aromatic carbocycles. The van der Waals surface area contributed by atoms with E-state index in [1.165, 1.54) is 23.6 Å². The normalized spacial score (nSPS) is 11.1. The van der Waals surface area contributed by atoms with Crippen LogP contribution in [0.1, 0.15) is 5.69 Å². The molecule has 1 N–H and O–H groups in total. The molecule has 0 aliphatic carbocycles. The van der Waals surface area contributed by atoms with Gasteiger partial charge in [-0.2, -0.15) is 0 Å². The highest BCUT2D eigenvalue weighted by Gasteiger charge is 2.06. The molecule has 0 unspecified atom stereocenters. The lowest BCUT2D eigenvalue weighted by Crippen LogP contribution is -2.34. The van der Waals surface area contributed by atoms with Gasteiger partial charge in [0.25, 0.3) is 5.56 Å². The Morgan fingerprint density at radius 1 is 1.41 bits per heavy atom. The molecule has 86 valence electrons. The van der Waals surface area contributed by atoms with Crippen molar-refractivity contribution >= 4 is 16.3 Å². The summed E-state index contributed by atoms with van der Waals surface area (Å²) in [6, 6.07) is 1.32. The van der Waals surface area contributed by atoms with E-state index in [1.54, 1.807) is 0 Å². The third-order valence-electron chi connectivity index (χ3n) is 2.41. The Hall–Kier alpha value is -2.15. The van der Waals surface area contributed by atoms with E-state index >= 15 is 0 Å². The minimum atomic E-state index is -0.422. The molecule has 0 saturated heterocycles. The first-order valence-electron chi connectivity index (χ1n) is 4.93. The topological polar surface area (TPSA) is 72.2 Å². The van der Waals surface area contributed by atoms with Gasteiger partial charge in [-0.1, -0.05) is 0 Å². The third kappa shape index (κ3) is 1.70. The Balaban J connectivity index is 2.05. The number of nitrogens with zero attached hydrogens (tertiary/aromatic N) is 3. The molecule has 3 heterocycles. The van der Waals surface area contributed by atoms with Crippen LogP contribution in [0.2, 0.25) is 0 Å². The first-order chi connectivity index (χ1) is 8.24. The van der Waals surface area contributed by atoms with E-state index in [1.807, 2.05) is 22.2 Å². The van der Waals surface area contributed by atoms with Crippen molar-refractivity contribution < 1.29 is 0 Å². The SMILES string of the molecule is O=c1cc[nH]c(=O)n1Cc1cn2ccsc2n1. The molecule has 0 spiro atoms. The van der Waals surface area contributed by atoms with Crippen LogP contribution in [-0.4, -0.2) is 18.9 Å². The molecule has 0 fully saturated rings. The Bertz CT molecular complexity index is 722. The minimum Gasteiger partial charge on any atom is -0.314 e. The predicted molar refractivity (Wildman–Crippen MR) is 63.5 cm³/mol.